The van der Waals surface area contributed by atoms with E-state index in [1.54, 1.807) is 7.11 Å². The average molecular weight is 413 g/mol. The topological polar surface area (TPSA) is 65.9 Å². The standard InChI is InChI=1S/C22H32N6O2/c1-25-15-18-16-28(17-19(18)24-25)22(29)23-9-5-6-10-26-11-13-27(14-12-26)20-7-3-4-8-21(20)30-2/h3-4,7-8,15H,5-6,9-14,16-17H2,1-2H3,(H,23,29). The van der Waals surface area contributed by atoms with Gasteiger partial charge in [0.05, 0.1) is 31.6 Å². The molecule has 4 rings (SSSR count). The highest BCUT2D eigenvalue weighted by molar-refractivity contribution is 5.74. The van der Waals surface area contributed by atoms with Crippen molar-refractivity contribution in [3.8, 4) is 5.75 Å². The van der Waals surface area contributed by atoms with Crippen LogP contribution in [0.15, 0.2) is 30.5 Å². The number of unbranched alkanes of at least 4 members (excludes halogenated alkanes) is 1. The molecule has 162 valence electrons. The number of anilines is 1. The number of ether oxygens (including phenoxy) is 1. The second kappa shape index (κ2) is 9.38. The van der Waals surface area contributed by atoms with Gasteiger partial charge in [-0.2, -0.15) is 5.10 Å². The third-order valence-electron chi connectivity index (χ3n) is 5.96. The van der Waals surface area contributed by atoms with E-state index in [1.807, 2.05) is 35.0 Å². The molecule has 1 N–H and O–H groups in total. The van der Waals surface area contributed by atoms with Crippen molar-refractivity contribution in [3.63, 3.8) is 0 Å². The van der Waals surface area contributed by atoms with Crippen LogP contribution >= 0.6 is 0 Å². The Labute approximate surface area is 178 Å². The minimum atomic E-state index is 0.0149. The molecule has 2 aliphatic heterocycles. The number of para-hydroxylation sites is 2. The van der Waals surface area contributed by atoms with Gasteiger partial charge < -0.3 is 19.9 Å². The molecule has 0 unspecified atom stereocenters. The summed E-state index contributed by atoms with van der Waals surface area (Å²) in [6.07, 6.45) is 4.09. The predicted octanol–water partition coefficient (Wildman–Crippen LogP) is 2.06. The Morgan fingerprint density at radius 2 is 1.93 bits per heavy atom. The Bertz CT molecular complexity index is 836. The molecule has 2 aromatic rings. The molecule has 8 heteroatoms. The van der Waals surface area contributed by atoms with E-state index < -0.39 is 0 Å². The van der Waals surface area contributed by atoms with E-state index in [2.05, 4.69) is 32.3 Å². The molecule has 0 saturated carbocycles. The monoisotopic (exact) mass is 412 g/mol. The van der Waals surface area contributed by atoms with Crippen LogP contribution in [0.4, 0.5) is 10.5 Å². The molecule has 1 aromatic heterocycles. The molecule has 0 spiro atoms. The Balaban J connectivity index is 1.10. The summed E-state index contributed by atoms with van der Waals surface area (Å²) in [5.74, 6) is 0.943. The lowest BCUT2D eigenvalue weighted by molar-refractivity contribution is 0.197. The molecule has 0 atom stereocenters. The Morgan fingerprint density at radius 3 is 2.70 bits per heavy atom. The number of urea groups is 1. The number of fused-ring (bicyclic) bond motifs is 1. The fourth-order valence-corrected chi connectivity index (χ4v) is 4.31. The molecular weight excluding hydrogens is 380 g/mol. The number of benzene rings is 1. The van der Waals surface area contributed by atoms with Gasteiger partial charge in [-0.1, -0.05) is 12.1 Å². The number of carbonyl (C=O) groups is 1. The summed E-state index contributed by atoms with van der Waals surface area (Å²) in [5.41, 5.74) is 3.35. The fraction of sp³-hybridized carbons (Fsp3) is 0.545. The highest BCUT2D eigenvalue weighted by atomic mass is 16.5. The van der Waals surface area contributed by atoms with Gasteiger partial charge in [-0.25, -0.2) is 4.79 Å². The third kappa shape index (κ3) is 4.70. The van der Waals surface area contributed by atoms with E-state index in [0.29, 0.717) is 13.1 Å². The van der Waals surface area contributed by atoms with Crippen molar-refractivity contribution >= 4 is 11.7 Å². The van der Waals surface area contributed by atoms with Gasteiger partial charge in [0, 0.05) is 51.5 Å². The van der Waals surface area contributed by atoms with Crippen LogP contribution in [-0.4, -0.2) is 72.0 Å². The number of hydrogen-bond donors (Lipinski definition) is 1. The lowest BCUT2D eigenvalue weighted by atomic mass is 10.2. The highest BCUT2D eigenvalue weighted by Crippen LogP contribution is 2.28. The number of nitrogens with zero attached hydrogens (tertiary/aromatic N) is 5. The number of carbonyl (C=O) groups excluding carboxylic acids is 1. The van der Waals surface area contributed by atoms with Crippen molar-refractivity contribution in [2.75, 3.05) is 51.3 Å². The second-order valence-corrected chi connectivity index (χ2v) is 8.07. The highest BCUT2D eigenvalue weighted by Gasteiger charge is 2.25. The van der Waals surface area contributed by atoms with Crippen LogP contribution in [0.5, 0.6) is 5.75 Å². The van der Waals surface area contributed by atoms with Crippen LogP contribution < -0.4 is 15.0 Å². The van der Waals surface area contributed by atoms with Crippen LogP contribution in [0.3, 0.4) is 0 Å². The third-order valence-corrected chi connectivity index (χ3v) is 5.96. The Kier molecular flexibility index (Phi) is 6.42. The van der Waals surface area contributed by atoms with Gasteiger partial charge in [0.15, 0.2) is 0 Å². The van der Waals surface area contributed by atoms with Gasteiger partial charge in [-0.15, -0.1) is 0 Å². The normalized spacial score (nSPS) is 16.6. The van der Waals surface area contributed by atoms with Gasteiger partial charge in [-0.3, -0.25) is 9.58 Å². The summed E-state index contributed by atoms with van der Waals surface area (Å²) in [7, 11) is 3.65. The van der Waals surface area contributed by atoms with E-state index >= 15 is 0 Å². The van der Waals surface area contributed by atoms with E-state index in [0.717, 1.165) is 69.1 Å². The molecule has 3 heterocycles. The van der Waals surface area contributed by atoms with Gasteiger partial charge in [0.2, 0.25) is 0 Å². The molecule has 1 fully saturated rings. The van der Waals surface area contributed by atoms with E-state index in [-0.39, 0.29) is 6.03 Å². The zero-order valence-corrected chi connectivity index (χ0v) is 18.0. The van der Waals surface area contributed by atoms with Gasteiger partial charge in [-0.05, 0) is 31.5 Å². The van der Waals surface area contributed by atoms with Crippen molar-refractivity contribution in [1.29, 1.82) is 0 Å². The van der Waals surface area contributed by atoms with Gasteiger partial charge >= 0.3 is 6.03 Å². The van der Waals surface area contributed by atoms with Crippen LogP contribution in [0, 0.1) is 0 Å². The second-order valence-electron chi connectivity index (χ2n) is 8.07. The number of methoxy groups -OCH3 is 1. The SMILES string of the molecule is COc1ccccc1N1CCN(CCCCNC(=O)N2Cc3cn(C)nc3C2)CC1. The van der Waals surface area contributed by atoms with E-state index in [1.165, 1.54) is 5.69 Å². The van der Waals surface area contributed by atoms with Gasteiger partial charge in [0.1, 0.15) is 5.75 Å². The Morgan fingerprint density at radius 1 is 1.13 bits per heavy atom. The number of aryl methyl sites for hydroxylation is 1. The van der Waals surface area contributed by atoms with E-state index in [4.69, 9.17) is 4.74 Å². The summed E-state index contributed by atoms with van der Waals surface area (Å²) in [6, 6.07) is 8.24. The maximum Gasteiger partial charge on any atom is 0.318 e. The summed E-state index contributed by atoms with van der Waals surface area (Å²) >= 11 is 0. The lowest BCUT2D eigenvalue weighted by Gasteiger charge is -2.36. The maximum atomic E-state index is 12.3. The van der Waals surface area contributed by atoms with Crippen molar-refractivity contribution in [2.24, 2.45) is 7.05 Å². The number of nitrogens with one attached hydrogen (secondary N) is 1. The first-order chi connectivity index (χ1) is 14.6. The van der Waals surface area contributed by atoms with Crippen molar-refractivity contribution in [3.05, 3.63) is 41.7 Å². The maximum absolute atomic E-state index is 12.3. The van der Waals surface area contributed by atoms with Crippen molar-refractivity contribution in [2.45, 2.75) is 25.9 Å². The van der Waals surface area contributed by atoms with Crippen molar-refractivity contribution in [1.82, 2.24) is 24.9 Å². The summed E-state index contributed by atoms with van der Waals surface area (Å²) < 4.78 is 7.31. The fourth-order valence-electron chi connectivity index (χ4n) is 4.31. The van der Waals surface area contributed by atoms with Gasteiger partial charge in [0.25, 0.3) is 0 Å². The van der Waals surface area contributed by atoms with Crippen LogP contribution in [0.2, 0.25) is 0 Å². The largest absolute Gasteiger partial charge is 0.495 e. The molecule has 0 bridgehead atoms. The number of amides is 2. The summed E-state index contributed by atoms with van der Waals surface area (Å²) in [6.45, 7) is 7.22. The smallest absolute Gasteiger partial charge is 0.318 e. The quantitative estimate of drug-likeness (QED) is 0.705. The molecule has 0 radical (unpaired) electrons. The number of piperazine rings is 1. The molecule has 2 amide bonds. The zero-order chi connectivity index (χ0) is 20.9. The first-order valence-corrected chi connectivity index (χ1v) is 10.8. The first-order valence-electron chi connectivity index (χ1n) is 10.8. The molecule has 0 aliphatic carbocycles. The number of aromatic nitrogens is 2. The molecule has 1 saturated heterocycles. The molecule has 30 heavy (non-hydrogen) atoms. The minimum Gasteiger partial charge on any atom is -0.495 e. The molecule has 8 nitrogen and oxygen atoms in total. The van der Waals surface area contributed by atoms with E-state index in [9.17, 15) is 4.79 Å². The first kappa shape index (κ1) is 20.5. The predicted molar refractivity (Wildman–Crippen MR) is 117 cm³/mol. The lowest BCUT2D eigenvalue weighted by Crippen LogP contribution is -2.46. The number of rotatable bonds is 7. The zero-order valence-electron chi connectivity index (χ0n) is 18.0. The summed E-state index contributed by atoms with van der Waals surface area (Å²) in [5, 5.41) is 7.45. The number of hydrogen-bond acceptors (Lipinski definition) is 5. The Hall–Kier alpha value is -2.74. The molecule has 2 aliphatic rings. The molecular formula is C22H32N6O2. The van der Waals surface area contributed by atoms with Crippen molar-refractivity contribution < 1.29 is 9.53 Å². The average Bonchev–Trinajstić information content (AvgIpc) is 3.31. The summed E-state index contributed by atoms with van der Waals surface area (Å²) in [4.78, 5) is 19.1. The molecule has 1 aromatic carbocycles. The van der Waals surface area contributed by atoms with Crippen LogP contribution in [0.1, 0.15) is 24.1 Å². The van der Waals surface area contributed by atoms with Crippen LogP contribution in [-0.2, 0) is 20.1 Å². The van der Waals surface area contributed by atoms with Crippen LogP contribution in [0.25, 0.3) is 0 Å². The minimum absolute atomic E-state index is 0.0149.